The Hall–Kier alpha value is -3.36. The van der Waals surface area contributed by atoms with E-state index in [9.17, 15) is 13.7 Å². The van der Waals surface area contributed by atoms with Crippen molar-refractivity contribution in [2.45, 2.75) is 37.7 Å². The molecule has 0 amide bonds. The van der Waals surface area contributed by atoms with Crippen molar-refractivity contribution in [2.75, 3.05) is 0 Å². The molecular weight excluding hydrogens is 406 g/mol. The smallest absolute Gasteiger partial charge is 0.216 e. The summed E-state index contributed by atoms with van der Waals surface area (Å²) in [5.41, 5.74) is 2.97. The minimum Gasteiger partial charge on any atom is -0.489 e. The maximum absolute atomic E-state index is 12.7. The summed E-state index contributed by atoms with van der Waals surface area (Å²) in [5, 5.41) is 9.46. The second kappa shape index (κ2) is 9.20. The molecule has 0 spiro atoms. The Balaban J connectivity index is 1.77. The Morgan fingerprint density at radius 3 is 2.26 bits per heavy atom. The number of benzene rings is 3. The third-order valence-electron chi connectivity index (χ3n) is 4.83. The standard InChI is InChI=1S/C26H25NO3S/c1-26(2,3)22-14-12-20(13-15-22)19-30-23-9-7-8-21(16-23)17-25(18-27)31(28,29)24-10-5-4-6-11-24/h4-17H,19H2,1-3H3/b25-17+. The van der Waals surface area contributed by atoms with Crippen LogP contribution in [0.1, 0.15) is 37.5 Å². The molecule has 0 aliphatic rings. The predicted octanol–water partition coefficient (Wildman–Crippen LogP) is 5.90. The van der Waals surface area contributed by atoms with Gasteiger partial charge in [-0.3, -0.25) is 0 Å². The normalized spacial score (nSPS) is 12.3. The zero-order chi connectivity index (χ0) is 22.5. The van der Waals surface area contributed by atoms with Crippen molar-refractivity contribution < 1.29 is 13.2 Å². The molecule has 0 atom stereocenters. The van der Waals surface area contributed by atoms with Gasteiger partial charge in [0.15, 0.2) is 0 Å². The molecule has 5 heteroatoms. The molecule has 0 aliphatic heterocycles. The van der Waals surface area contributed by atoms with Gasteiger partial charge >= 0.3 is 0 Å². The zero-order valence-electron chi connectivity index (χ0n) is 17.9. The van der Waals surface area contributed by atoms with Crippen LogP contribution in [0.15, 0.2) is 88.7 Å². The summed E-state index contributed by atoms with van der Waals surface area (Å²) in [7, 11) is -3.87. The fourth-order valence-electron chi connectivity index (χ4n) is 3.01. The lowest BCUT2D eigenvalue weighted by atomic mass is 9.87. The molecule has 0 radical (unpaired) electrons. The van der Waals surface area contributed by atoms with Crippen LogP contribution in [0.5, 0.6) is 5.75 Å². The van der Waals surface area contributed by atoms with Gasteiger partial charge in [0.25, 0.3) is 0 Å². The first kappa shape index (κ1) is 22.3. The lowest BCUT2D eigenvalue weighted by molar-refractivity contribution is 0.306. The second-order valence-corrected chi connectivity index (χ2v) is 10.2. The molecule has 0 unspecified atom stereocenters. The summed E-state index contributed by atoms with van der Waals surface area (Å²) in [6, 6.07) is 25.1. The molecule has 3 aromatic rings. The van der Waals surface area contributed by atoms with E-state index < -0.39 is 9.84 Å². The number of sulfone groups is 1. The first-order valence-corrected chi connectivity index (χ1v) is 11.4. The number of rotatable bonds is 6. The van der Waals surface area contributed by atoms with Gasteiger partial charge in [-0.25, -0.2) is 8.42 Å². The molecule has 0 bridgehead atoms. The number of nitrogens with zero attached hydrogens (tertiary/aromatic N) is 1. The molecule has 0 aromatic heterocycles. The van der Waals surface area contributed by atoms with Crippen molar-refractivity contribution in [1.82, 2.24) is 0 Å². The lowest BCUT2D eigenvalue weighted by Gasteiger charge is -2.19. The SMILES string of the molecule is CC(C)(C)c1ccc(COc2cccc(/C=C(\C#N)S(=O)(=O)c3ccccc3)c2)cc1. The Labute approximate surface area is 184 Å². The average molecular weight is 432 g/mol. The summed E-state index contributed by atoms with van der Waals surface area (Å²) in [5.74, 6) is 0.600. The monoisotopic (exact) mass is 431 g/mol. The van der Waals surface area contributed by atoms with Gasteiger partial charge in [0.05, 0.1) is 4.90 Å². The van der Waals surface area contributed by atoms with Gasteiger partial charge in [-0.15, -0.1) is 0 Å². The summed E-state index contributed by atoms with van der Waals surface area (Å²) in [6.07, 6.45) is 1.37. The van der Waals surface area contributed by atoms with Crippen LogP contribution in [0.4, 0.5) is 0 Å². The van der Waals surface area contributed by atoms with Crippen LogP contribution in [0.2, 0.25) is 0 Å². The highest BCUT2D eigenvalue weighted by molar-refractivity contribution is 7.95. The highest BCUT2D eigenvalue weighted by atomic mass is 32.2. The van der Waals surface area contributed by atoms with E-state index in [1.807, 2.05) is 18.2 Å². The van der Waals surface area contributed by atoms with Gasteiger partial charge in [-0.2, -0.15) is 5.26 Å². The van der Waals surface area contributed by atoms with E-state index in [0.29, 0.717) is 17.9 Å². The summed E-state index contributed by atoms with van der Waals surface area (Å²) in [6.45, 7) is 6.91. The minimum absolute atomic E-state index is 0.0916. The fraction of sp³-hybridized carbons (Fsp3) is 0.192. The van der Waals surface area contributed by atoms with Crippen molar-refractivity contribution in [3.63, 3.8) is 0 Å². The third-order valence-corrected chi connectivity index (χ3v) is 6.52. The predicted molar refractivity (Wildman–Crippen MR) is 123 cm³/mol. The fourth-order valence-corrected chi connectivity index (χ4v) is 4.19. The Kier molecular flexibility index (Phi) is 6.62. The van der Waals surface area contributed by atoms with Crippen LogP contribution in [0, 0.1) is 11.3 Å². The van der Waals surface area contributed by atoms with Crippen molar-refractivity contribution in [2.24, 2.45) is 0 Å². The van der Waals surface area contributed by atoms with Gasteiger partial charge in [-0.1, -0.05) is 75.4 Å². The van der Waals surface area contributed by atoms with E-state index in [1.54, 1.807) is 42.5 Å². The van der Waals surface area contributed by atoms with E-state index >= 15 is 0 Å². The molecular formula is C26H25NO3S. The van der Waals surface area contributed by atoms with Crippen molar-refractivity contribution >= 4 is 15.9 Å². The third kappa shape index (κ3) is 5.62. The molecule has 31 heavy (non-hydrogen) atoms. The molecule has 0 saturated heterocycles. The zero-order valence-corrected chi connectivity index (χ0v) is 18.7. The Morgan fingerprint density at radius 2 is 1.65 bits per heavy atom. The number of nitriles is 1. The summed E-state index contributed by atoms with van der Waals surface area (Å²) < 4.78 is 31.4. The number of ether oxygens (including phenoxy) is 1. The van der Waals surface area contributed by atoms with Crippen molar-refractivity contribution in [3.05, 3.63) is 100 Å². The topological polar surface area (TPSA) is 67.2 Å². The quantitative estimate of drug-likeness (QED) is 0.456. The van der Waals surface area contributed by atoms with Crippen LogP contribution in [-0.2, 0) is 21.9 Å². The molecule has 0 heterocycles. The highest BCUT2D eigenvalue weighted by Gasteiger charge is 2.20. The molecule has 0 saturated carbocycles. The van der Waals surface area contributed by atoms with Crippen LogP contribution < -0.4 is 4.74 Å². The molecule has 158 valence electrons. The van der Waals surface area contributed by atoms with Crippen molar-refractivity contribution in [1.29, 1.82) is 5.26 Å². The first-order chi connectivity index (χ1) is 14.7. The number of hydrogen-bond donors (Lipinski definition) is 0. The van der Waals surface area contributed by atoms with Crippen LogP contribution >= 0.6 is 0 Å². The van der Waals surface area contributed by atoms with E-state index in [2.05, 4.69) is 32.9 Å². The maximum Gasteiger partial charge on any atom is 0.216 e. The van der Waals surface area contributed by atoms with Crippen LogP contribution in [0.25, 0.3) is 6.08 Å². The number of hydrogen-bond acceptors (Lipinski definition) is 4. The van der Waals surface area contributed by atoms with E-state index in [0.717, 1.165) is 5.56 Å². The van der Waals surface area contributed by atoms with E-state index in [-0.39, 0.29) is 15.2 Å². The summed E-state index contributed by atoms with van der Waals surface area (Å²) >= 11 is 0. The number of allylic oxidation sites excluding steroid dienone is 1. The Bertz CT molecular complexity index is 1210. The summed E-state index contributed by atoms with van der Waals surface area (Å²) in [4.78, 5) is -0.220. The van der Waals surface area contributed by atoms with Crippen molar-refractivity contribution in [3.8, 4) is 11.8 Å². The average Bonchev–Trinajstić information content (AvgIpc) is 2.76. The molecule has 0 N–H and O–H groups in total. The molecule has 4 nitrogen and oxygen atoms in total. The van der Waals surface area contributed by atoms with Gasteiger partial charge in [0.1, 0.15) is 23.3 Å². The van der Waals surface area contributed by atoms with Gasteiger partial charge in [-0.05, 0) is 52.4 Å². The maximum atomic E-state index is 12.7. The van der Waals surface area contributed by atoms with E-state index in [4.69, 9.17) is 4.74 Å². The van der Waals surface area contributed by atoms with Gasteiger partial charge < -0.3 is 4.74 Å². The van der Waals surface area contributed by atoms with Crippen LogP contribution in [0.3, 0.4) is 0 Å². The minimum atomic E-state index is -3.87. The first-order valence-electron chi connectivity index (χ1n) is 9.94. The Morgan fingerprint density at radius 1 is 0.968 bits per heavy atom. The molecule has 0 aliphatic carbocycles. The van der Waals surface area contributed by atoms with E-state index in [1.165, 1.54) is 23.8 Å². The lowest BCUT2D eigenvalue weighted by Crippen LogP contribution is -2.10. The molecule has 0 fully saturated rings. The molecule has 3 aromatic carbocycles. The molecule has 3 rings (SSSR count). The van der Waals surface area contributed by atoms with Gasteiger partial charge in [0, 0.05) is 0 Å². The van der Waals surface area contributed by atoms with Gasteiger partial charge in [0.2, 0.25) is 9.84 Å². The highest BCUT2D eigenvalue weighted by Crippen LogP contribution is 2.24. The largest absolute Gasteiger partial charge is 0.489 e. The second-order valence-electron chi connectivity index (χ2n) is 8.24. The van der Waals surface area contributed by atoms with Crippen LogP contribution in [-0.4, -0.2) is 8.42 Å².